The highest BCUT2D eigenvalue weighted by molar-refractivity contribution is 8.18. The Bertz CT molecular complexity index is 1020. The smallest absolute Gasteiger partial charge is 0.286 e. The Labute approximate surface area is 159 Å². The van der Waals surface area contributed by atoms with E-state index in [0.717, 1.165) is 34.4 Å². The van der Waals surface area contributed by atoms with E-state index in [1.165, 1.54) is 19.1 Å². The molecule has 1 aliphatic rings. The topological polar surface area (TPSA) is 104 Å². The average molecular weight is 382 g/mol. The van der Waals surface area contributed by atoms with Crippen LogP contribution in [0.5, 0.6) is 0 Å². The first-order valence-corrected chi connectivity index (χ1v) is 8.89. The second-order valence-corrected chi connectivity index (χ2v) is 7.04. The van der Waals surface area contributed by atoms with Gasteiger partial charge in [0.2, 0.25) is 5.91 Å². The fraction of sp³-hybridized carbons (Fsp3) is 0.158. The van der Waals surface area contributed by atoms with Gasteiger partial charge < -0.3 is 19.8 Å². The lowest BCUT2D eigenvalue weighted by Gasteiger charge is -2.11. The van der Waals surface area contributed by atoms with E-state index < -0.39 is 11.9 Å². The molecule has 2 amide bonds. The number of carbonyl (C=O) groups is 3. The lowest BCUT2D eigenvalue weighted by Crippen LogP contribution is -2.23. The molecule has 0 unspecified atom stereocenters. The van der Waals surface area contributed by atoms with E-state index in [9.17, 15) is 19.5 Å². The van der Waals surface area contributed by atoms with Crippen LogP contribution in [0.3, 0.4) is 0 Å². The van der Waals surface area contributed by atoms with E-state index in [4.69, 9.17) is 0 Å². The summed E-state index contributed by atoms with van der Waals surface area (Å²) in [5.74, 6) is -1.90. The van der Waals surface area contributed by atoms with Crippen LogP contribution in [-0.2, 0) is 9.59 Å². The van der Waals surface area contributed by atoms with Crippen LogP contribution in [0.1, 0.15) is 34.2 Å². The molecule has 0 radical (unpaired) electrons. The second-order valence-electron chi connectivity index (χ2n) is 6.01. The summed E-state index contributed by atoms with van der Waals surface area (Å²) in [6, 6.07) is 8.32. The molecule has 0 saturated carbocycles. The Hall–Kier alpha value is -3.13. The SMILES string of the molecule is CC(=O)NC1=NC(=O)/C(=C/c2cc(C)n(-c3ccc(C(=O)[O-])cc3)c2C)S1. The molecule has 1 aromatic carbocycles. The molecule has 27 heavy (non-hydrogen) atoms. The number of carboxylic acids is 1. The molecular formula is C19H16N3O4S-. The molecule has 0 spiro atoms. The zero-order chi connectivity index (χ0) is 19.7. The van der Waals surface area contributed by atoms with E-state index >= 15 is 0 Å². The van der Waals surface area contributed by atoms with Crippen LogP contribution < -0.4 is 10.4 Å². The van der Waals surface area contributed by atoms with E-state index in [1.807, 2.05) is 24.5 Å². The minimum absolute atomic E-state index is 0.110. The number of aromatic nitrogens is 1. The highest BCUT2D eigenvalue weighted by Gasteiger charge is 2.23. The minimum atomic E-state index is -1.22. The first-order chi connectivity index (χ1) is 12.8. The normalized spacial score (nSPS) is 15.1. The molecule has 1 aromatic heterocycles. The van der Waals surface area contributed by atoms with Gasteiger partial charge in [-0.05, 0) is 61.0 Å². The molecule has 0 fully saturated rings. The summed E-state index contributed by atoms with van der Waals surface area (Å²) < 4.78 is 1.96. The maximum Gasteiger partial charge on any atom is 0.286 e. The van der Waals surface area contributed by atoms with Crippen molar-refractivity contribution in [2.45, 2.75) is 20.8 Å². The third-order valence-corrected chi connectivity index (χ3v) is 4.92. The summed E-state index contributed by atoms with van der Waals surface area (Å²) >= 11 is 1.11. The van der Waals surface area contributed by atoms with Gasteiger partial charge in [0.25, 0.3) is 5.91 Å². The van der Waals surface area contributed by atoms with Gasteiger partial charge in [0.15, 0.2) is 5.17 Å². The lowest BCUT2D eigenvalue weighted by atomic mass is 10.2. The predicted octanol–water partition coefficient (Wildman–Crippen LogP) is 1.56. The number of aliphatic imine (C=N–C) groups is 1. The molecule has 1 N–H and O–H groups in total. The van der Waals surface area contributed by atoms with Crippen molar-refractivity contribution in [2.24, 2.45) is 4.99 Å². The number of nitrogens with zero attached hydrogens (tertiary/aromatic N) is 2. The van der Waals surface area contributed by atoms with Gasteiger partial charge in [0.05, 0.1) is 10.9 Å². The average Bonchev–Trinajstić information content (AvgIpc) is 3.06. The van der Waals surface area contributed by atoms with Crippen molar-refractivity contribution in [3.8, 4) is 5.69 Å². The Balaban J connectivity index is 1.92. The highest BCUT2D eigenvalue weighted by atomic mass is 32.2. The molecule has 7 nitrogen and oxygen atoms in total. The third kappa shape index (κ3) is 3.85. The van der Waals surface area contributed by atoms with Crippen LogP contribution in [0, 0.1) is 13.8 Å². The molecule has 3 rings (SSSR count). The van der Waals surface area contributed by atoms with Crippen LogP contribution >= 0.6 is 11.8 Å². The van der Waals surface area contributed by atoms with Gasteiger partial charge in [-0.25, -0.2) is 0 Å². The Kier molecular flexibility index (Phi) is 5.00. The molecular weight excluding hydrogens is 366 g/mol. The van der Waals surface area contributed by atoms with Crippen LogP contribution in [0.25, 0.3) is 11.8 Å². The van der Waals surface area contributed by atoms with Gasteiger partial charge in [-0.3, -0.25) is 9.59 Å². The number of carbonyl (C=O) groups excluding carboxylic acids is 3. The third-order valence-electron chi connectivity index (χ3n) is 4.02. The highest BCUT2D eigenvalue weighted by Crippen LogP contribution is 2.30. The van der Waals surface area contributed by atoms with Gasteiger partial charge in [-0.1, -0.05) is 12.1 Å². The van der Waals surface area contributed by atoms with Crippen molar-refractivity contribution < 1.29 is 19.5 Å². The number of aromatic carboxylic acids is 1. The second kappa shape index (κ2) is 7.24. The van der Waals surface area contributed by atoms with Crippen LogP contribution in [-0.4, -0.2) is 27.5 Å². The van der Waals surface area contributed by atoms with Crippen molar-refractivity contribution in [3.05, 3.63) is 57.8 Å². The zero-order valence-corrected chi connectivity index (χ0v) is 15.7. The summed E-state index contributed by atoms with van der Waals surface area (Å²) in [6.07, 6.45) is 1.74. The number of hydrogen-bond donors (Lipinski definition) is 1. The fourth-order valence-electron chi connectivity index (χ4n) is 2.83. The Morgan fingerprint density at radius 3 is 2.48 bits per heavy atom. The molecule has 0 aliphatic carbocycles. The Morgan fingerprint density at radius 2 is 1.89 bits per heavy atom. The summed E-state index contributed by atoms with van der Waals surface area (Å²) in [7, 11) is 0. The van der Waals surface area contributed by atoms with Crippen LogP contribution in [0.2, 0.25) is 0 Å². The number of rotatable bonds is 3. The molecule has 0 saturated heterocycles. The fourth-order valence-corrected chi connectivity index (χ4v) is 3.68. The van der Waals surface area contributed by atoms with Crippen molar-refractivity contribution in [1.82, 2.24) is 9.88 Å². The summed E-state index contributed by atoms with van der Waals surface area (Å²) in [5, 5.41) is 13.7. The number of hydrogen-bond acceptors (Lipinski definition) is 5. The molecule has 0 atom stereocenters. The number of carboxylic acid groups (broad SMARTS) is 1. The number of thioether (sulfide) groups is 1. The van der Waals surface area contributed by atoms with Gasteiger partial charge in [-0.15, -0.1) is 0 Å². The summed E-state index contributed by atoms with van der Waals surface area (Å²) in [5.41, 5.74) is 3.58. The first-order valence-electron chi connectivity index (χ1n) is 8.07. The van der Waals surface area contributed by atoms with Gasteiger partial charge in [-0.2, -0.15) is 4.99 Å². The van der Waals surface area contributed by atoms with Crippen molar-refractivity contribution >= 4 is 40.8 Å². The Morgan fingerprint density at radius 1 is 1.22 bits per heavy atom. The number of nitrogens with one attached hydrogen (secondary N) is 1. The van der Waals surface area contributed by atoms with E-state index in [2.05, 4.69) is 10.3 Å². The van der Waals surface area contributed by atoms with Gasteiger partial charge >= 0.3 is 0 Å². The standard InChI is InChI=1S/C19H17N3O4S/c1-10-8-14(9-16-17(24)21-19(27-16)20-12(3)23)11(2)22(10)15-6-4-13(5-7-15)18(25)26/h4-9H,1-3H3,(H,25,26)(H,20,21,23,24)/p-1/b16-9-. The largest absolute Gasteiger partial charge is 0.545 e. The van der Waals surface area contributed by atoms with E-state index in [-0.39, 0.29) is 16.6 Å². The zero-order valence-electron chi connectivity index (χ0n) is 14.9. The van der Waals surface area contributed by atoms with Crippen LogP contribution in [0.15, 0.2) is 40.2 Å². The monoisotopic (exact) mass is 382 g/mol. The van der Waals surface area contributed by atoms with Crippen molar-refractivity contribution in [1.29, 1.82) is 0 Å². The van der Waals surface area contributed by atoms with Gasteiger partial charge in [0.1, 0.15) is 0 Å². The molecule has 8 heteroatoms. The molecule has 0 bridgehead atoms. The number of amides is 2. The van der Waals surface area contributed by atoms with Crippen LogP contribution in [0.4, 0.5) is 0 Å². The quantitative estimate of drug-likeness (QED) is 0.812. The number of benzene rings is 1. The minimum Gasteiger partial charge on any atom is -0.545 e. The maximum atomic E-state index is 12.0. The van der Waals surface area contributed by atoms with E-state index in [0.29, 0.717) is 4.91 Å². The van der Waals surface area contributed by atoms with Gasteiger partial charge in [0, 0.05) is 24.0 Å². The first kappa shape index (κ1) is 18.7. The number of aryl methyl sites for hydroxylation is 1. The van der Waals surface area contributed by atoms with Crippen molar-refractivity contribution in [3.63, 3.8) is 0 Å². The molecule has 1 aliphatic heterocycles. The van der Waals surface area contributed by atoms with Crippen molar-refractivity contribution in [2.75, 3.05) is 0 Å². The lowest BCUT2D eigenvalue weighted by molar-refractivity contribution is -0.255. The molecule has 138 valence electrons. The number of amidine groups is 1. The maximum absolute atomic E-state index is 12.0. The molecule has 2 heterocycles. The predicted molar refractivity (Wildman–Crippen MR) is 101 cm³/mol. The summed E-state index contributed by atoms with van der Waals surface area (Å²) in [6.45, 7) is 5.19. The molecule has 2 aromatic rings. The van der Waals surface area contributed by atoms with E-state index in [1.54, 1.807) is 18.2 Å². The summed E-state index contributed by atoms with van der Waals surface area (Å²) in [4.78, 5) is 38.3.